The van der Waals surface area contributed by atoms with Crippen molar-refractivity contribution in [1.82, 2.24) is 15.7 Å². The van der Waals surface area contributed by atoms with Crippen LogP contribution >= 0.6 is 0 Å². The smallest absolute Gasteiger partial charge is 0.422 e. The van der Waals surface area contributed by atoms with Crippen LogP contribution in [0.5, 0.6) is 0 Å². The topological polar surface area (TPSA) is 162 Å². The van der Waals surface area contributed by atoms with Crippen LogP contribution in [0.15, 0.2) is 78.9 Å². The number of ether oxygens (including phenoxy) is 4. The van der Waals surface area contributed by atoms with E-state index in [0.29, 0.717) is 35.1 Å². The second-order valence-corrected chi connectivity index (χ2v) is 14.6. The molecule has 3 N–H and O–H groups in total. The lowest BCUT2D eigenvalue weighted by molar-refractivity contribution is -0.217. The number of benzene rings is 3. The van der Waals surface area contributed by atoms with Gasteiger partial charge in [0.15, 0.2) is 18.4 Å². The number of aliphatic hydroxyl groups is 1. The van der Waals surface area contributed by atoms with Crippen LogP contribution in [0.2, 0.25) is 0 Å². The molecule has 0 radical (unpaired) electrons. The molecule has 2 bridgehead atoms. The summed E-state index contributed by atoms with van der Waals surface area (Å²) in [5, 5.41) is 16.1. The summed E-state index contributed by atoms with van der Waals surface area (Å²) in [6.45, 7) is -1.75. The zero-order valence-corrected chi connectivity index (χ0v) is 29.8. The number of hydroxylamine groups is 2. The SMILES string of the molecule is O=C(C=Cc1ccc(CN2O[C@@H]3[C@H]4OC5(Cc6ccccc6C5)O[C@H]4[C@H]4C[C@]3(C(=O)NCc3cccc(C(=O)NCCO)c3)[C@@H]2C(=O)O4)cc1)OCC(F)(F)F. The predicted octanol–water partition coefficient (Wildman–Crippen LogP) is 2.92. The first-order chi connectivity index (χ1) is 26.9. The third kappa shape index (κ3) is 7.18. The predicted molar refractivity (Wildman–Crippen MR) is 188 cm³/mol. The van der Waals surface area contributed by atoms with Crippen LogP contribution in [0.4, 0.5) is 13.2 Å². The lowest BCUT2D eigenvalue weighted by Gasteiger charge is -2.48. The van der Waals surface area contributed by atoms with Gasteiger partial charge in [0.2, 0.25) is 5.91 Å². The van der Waals surface area contributed by atoms with Gasteiger partial charge in [-0.25, -0.2) is 4.79 Å². The minimum absolute atomic E-state index is 0.0320. The van der Waals surface area contributed by atoms with Crippen LogP contribution in [0.1, 0.15) is 44.6 Å². The van der Waals surface area contributed by atoms with Crippen molar-refractivity contribution >= 4 is 29.8 Å². The summed E-state index contributed by atoms with van der Waals surface area (Å²) in [5.41, 5.74) is 2.83. The van der Waals surface area contributed by atoms with E-state index in [0.717, 1.165) is 17.2 Å². The first-order valence-electron chi connectivity index (χ1n) is 18.2. The lowest BCUT2D eigenvalue weighted by atomic mass is 9.62. The average molecular weight is 778 g/mol. The van der Waals surface area contributed by atoms with Crippen molar-refractivity contribution in [3.8, 4) is 0 Å². The molecular formula is C40H38F3N3O10. The quantitative estimate of drug-likeness (QED) is 0.194. The van der Waals surface area contributed by atoms with E-state index in [1.165, 1.54) is 11.1 Å². The van der Waals surface area contributed by atoms with E-state index in [4.69, 9.17) is 24.2 Å². The summed E-state index contributed by atoms with van der Waals surface area (Å²) in [5.74, 6) is -3.67. The number of hydrogen-bond acceptors (Lipinski definition) is 11. The number of carbonyl (C=O) groups excluding carboxylic acids is 4. The molecule has 294 valence electrons. The standard InChI is InChI=1S/C40H38F3N3O10/c41-40(42,43)22-52-30(48)13-12-23-8-10-24(11-9-23)21-46-33-36(50)53-29-19-39(33,37(51)45-20-25-4-3-7-26(16-25)35(49)44-14-15-47)34(56-46)32-31(29)54-38(55-32)17-27-5-1-2-6-28(27)18-38/h1-13,16,29,31-34,47H,14-15,17-22H2,(H,44,49)(H,45,51)/t29-,31+,32+,33+,34-,39+/m1/s1. The molecule has 6 atom stereocenters. The molecule has 8 rings (SSSR count). The Balaban J connectivity index is 1.05. The van der Waals surface area contributed by atoms with Crippen molar-refractivity contribution in [2.24, 2.45) is 5.41 Å². The van der Waals surface area contributed by atoms with Crippen LogP contribution in [0.25, 0.3) is 6.08 Å². The van der Waals surface area contributed by atoms with Gasteiger partial charge < -0.3 is 34.7 Å². The largest absolute Gasteiger partial charge is 0.458 e. The number of nitrogens with zero attached hydrogens (tertiary/aromatic N) is 1. The maximum absolute atomic E-state index is 14.7. The van der Waals surface area contributed by atoms with Crippen molar-refractivity contribution in [3.63, 3.8) is 0 Å². The molecule has 3 aromatic rings. The molecule has 3 heterocycles. The lowest BCUT2D eigenvalue weighted by Crippen LogP contribution is -2.69. The fourth-order valence-corrected chi connectivity index (χ4v) is 8.48. The minimum atomic E-state index is -4.64. The van der Waals surface area contributed by atoms with Gasteiger partial charge in [-0.1, -0.05) is 60.7 Å². The van der Waals surface area contributed by atoms with Gasteiger partial charge >= 0.3 is 18.1 Å². The molecule has 2 aliphatic carbocycles. The van der Waals surface area contributed by atoms with Crippen LogP contribution in [0.3, 0.4) is 0 Å². The highest BCUT2D eigenvalue weighted by Gasteiger charge is 2.76. The fraction of sp³-hybridized carbons (Fsp3) is 0.400. The number of alkyl halides is 3. The van der Waals surface area contributed by atoms with Crippen LogP contribution in [-0.4, -0.2) is 96.1 Å². The Hall–Kier alpha value is -5.13. The molecule has 5 aliphatic rings. The van der Waals surface area contributed by atoms with E-state index in [2.05, 4.69) is 15.4 Å². The highest BCUT2D eigenvalue weighted by molar-refractivity contribution is 5.95. The number of fused-ring (bicyclic) bond motifs is 5. The van der Waals surface area contributed by atoms with Gasteiger partial charge in [0.25, 0.3) is 5.91 Å². The summed E-state index contributed by atoms with van der Waals surface area (Å²) >= 11 is 0. The first-order valence-corrected chi connectivity index (χ1v) is 18.2. The molecule has 13 nitrogen and oxygen atoms in total. The van der Waals surface area contributed by atoms with E-state index >= 15 is 0 Å². The number of hydrogen-bond donors (Lipinski definition) is 3. The zero-order chi connectivity index (χ0) is 39.2. The Labute approximate surface area is 318 Å². The molecule has 3 aliphatic heterocycles. The molecule has 0 aromatic heterocycles. The van der Waals surface area contributed by atoms with Gasteiger partial charge in [0.05, 0.1) is 13.2 Å². The molecule has 56 heavy (non-hydrogen) atoms. The number of halogens is 3. The van der Waals surface area contributed by atoms with Gasteiger partial charge in [0.1, 0.15) is 29.8 Å². The van der Waals surface area contributed by atoms with Gasteiger partial charge in [0, 0.05) is 44.0 Å². The van der Waals surface area contributed by atoms with Crippen LogP contribution in [-0.2, 0) is 64.1 Å². The summed E-state index contributed by atoms with van der Waals surface area (Å²) in [6.07, 6.45) is -4.63. The third-order valence-electron chi connectivity index (χ3n) is 10.9. The van der Waals surface area contributed by atoms with Gasteiger partial charge in [-0.05, 0) is 46.0 Å². The summed E-state index contributed by atoms with van der Waals surface area (Å²) in [7, 11) is 0. The van der Waals surface area contributed by atoms with Crippen molar-refractivity contribution in [2.75, 3.05) is 19.8 Å². The zero-order valence-electron chi connectivity index (χ0n) is 29.8. The van der Waals surface area contributed by atoms with E-state index in [1.54, 1.807) is 48.5 Å². The molecule has 3 saturated heterocycles. The van der Waals surface area contributed by atoms with E-state index in [-0.39, 0.29) is 38.6 Å². The molecule has 16 heteroatoms. The maximum Gasteiger partial charge on any atom is 0.422 e. The molecule has 4 fully saturated rings. The number of nitrogens with one attached hydrogen (secondary N) is 2. The highest BCUT2D eigenvalue weighted by Crippen LogP contribution is 2.58. The summed E-state index contributed by atoms with van der Waals surface area (Å²) in [4.78, 5) is 59.6. The highest BCUT2D eigenvalue weighted by atomic mass is 19.4. The van der Waals surface area contributed by atoms with Crippen molar-refractivity contribution < 1.29 is 61.2 Å². The molecule has 1 saturated carbocycles. The molecule has 2 amide bonds. The number of amides is 2. The van der Waals surface area contributed by atoms with Crippen molar-refractivity contribution in [2.45, 2.75) is 74.8 Å². The van der Waals surface area contributed by atoms with Crippen LogP contribution < -0.4 is 10.6 Å². The number of esters is 2. The Morgan fingerprint density at radius 2 is 1.68 bits per heavy atom. The van der Waals surface area contributed by atoms with E-state index < -0.39 is 72.3 Å². The number of carbonyl (C=O) groups is 4. The number of rotatable bonds is 11. The fourth-order valence-electron chi connectivity index (χ4n) is 8.48. The Morgan fingerprint density at radius 3 is 2.39 bits per heavy atom. The van der Waals surface area contributed by atoms with Gasteiger partial charge in [-0.15, -0.1) is 0 Å². The Morgan fingerprint density at radius 1 is 0.946 bits per heavy atom. The molecule has 1 spiro atoms. The van der Waals surface area contributed by atoms with E-state index in [1.807, 2.05) is 24.3 Å². The van der Waals surface area contributed by atoms with Gasteiger partial charge in [-0.3, -0.25) is 19.2 Å². The summed E-state index contributed by atoms with van der Waals surface area (Å²) in [6, 6.07) is 20.1. The molecule has 3 aromatic carbocycles. The normalized spacial score (nSPS) is 27.1. The van der Waals surface area contributed by atoms with Crippen LogP contribution in [0, 0.1) is 5.41 Å². The Kier molecular flexibility index (Phi) is 9.95. The second kappa shape index (κ2) is 14.7. The molecular weight excluding hydrogens is 739 g/mol. The third-order valence-corrected chi connectivity index (χ3v) is 10.9. The Bertz CT molecular complexity index is 2030. The summed E-state index contributed by atoms with van der Waals surface area (Å²) < 4.78 is 60.9. The monoisotopic (exact) mass is 777 g/mol. The first kappa shape index (κ1) is 37.8. The second-order valence-electron chi connectivity index (χ2n) is 14.6. The average Bonchev–Trinajstić information content (AvgIpc) is 3.86. The number of aliphatic hydroxyl groups excluding tert-OH is 1. The van der Waals surface area contributed by atoms with Gasteiger partial charge in [-0.2, -0.15) is 18.2 Å². The maximum atomic E-state index is 14.7. The van der Waals surface area contributed by atoms with Crippen molar-refractivity contribution in [3.05, 3.63) is 112 Å². The van der Waals surface area contributed by atoms with Crippen molar-refractivity contribution in [1.29, 1.82) is 0 Å². The minimum Gasteiger partial charge on any atom is -0.458 e. The molecule has 0 unspecified atom stereocenters. The van der Waals surface area contributed by atoms with E-state index in [9.17, 15) is 32.3 Å².